The summed E-state index contributed by atoms with van der Waals surface area (Å²) >= 11 is 0. The van der Waals surface area contributed by atoms with Crippen LogP contribution in [0, 0.1) is 0 Å². The highest BCUT2D eigenvalue weighted by molar-refractivity contribution is 8.76. The molecule has 0 aromatic heterocycles. The van der Waals surface area contributed by atoms with Crippen LogP contribution in [-0.4, -0.2) is 96.6 Å². The van der Waals surface area contributed by atoms with Crippen molar-refractivity contribution in [1.29, 1.82) is 0 Å². The Labute approximate surface area is 264 Å². The summed E-state index contributed by atoms with van der Waals surface area (Å²) in [5, 5.41) is 0. The van der Waals surface area contributed by atoms with E-state index in [0.29, 0.717) is 0 Å². The lowest BCUT2D eigenvalue weighted by Gasteiger charge is -2.34. The Bertz CT molecular complexity index is 726. The highest BCUT2D eigenvalue weighted by Crippen LogP contribution is 2.23. The van der Waals surface area contributed by atoms with Gasteiger partial charge in [-0.2, -0.15) is 0 Å². The van der Waals surface area contributed by atoms with E-state index in [1.54, 1.807) is 0 Å². The minimum absolute atomic E-state index is 0. The maximum Gasteiger partial charge on any atom is 0.0234 e. The van der Waals surface area contributed by atoms with Crippen LogP contribution >= 0.6 is 71.2 Å². The van der Waals surface area contributed by atoms with Crippen LogP contribution in [0.5, 0.6) is 0 Å². The van der Waals surface area contributed by atoms with Gasteiger partial charge in [-0.25, -0.2) is 0 Å². The fraction of sp³-hybridized carbons (Fsp3) is 0.571. The summed E-state index contributed by atoms with van der Waals surface area (Å²) in [7, 11) is 4.17. The van der Waals surface area contributed by atoms with Gasteiger partial charge in [-0.1, -0.05) is 82.3 Å². The zero-order chi connectivity index (χ0) is 23.3. The number of piperazine rings is 2. The molecule has 0 spiro atoms. The van der Waals surface area contributed by atoms with Crippen molar-refractivity contribution in [3.8, 4) is 0 Å². The first kappa shape index (κ1) is 38.1. The number of benzene rings is 2. The van der Waals surface area contributed by atoms with Crippen molar-refractivity contribution in [3.05, 3.63) is 71.8 Å². The highest BCUT2D eigenvalue weighted by Gasteiger charge is 2.17. The SMILES string of the molecule is Cl.Cl.Cl.Cl.c1ccc(CN2CCN(CCCSSCCCN3CCN(Cc4ccccc4)CC3)CC2)cc1. The molecule has 10 heteroatoms. The monoisotopic (exact) mass is 642 g/mol. The van der Waals surface area contributed by atoms with Crippen LogP contribution in [-0.2, 0) is 13.1 Å². The van der Waals surface area contributed by atoms with Crippen molar-refractivity contribution in [2.24, 2.45) is 0 Å². The quantitative estimate of drug-likeness (QED) is 0.182. The molecule has 2 fully saturated rings. The molecule has 0 radical (unpaired) electrons. The summed E-state index contributed by atoms with van der Waals surface area (Å²) in [5.74, 6) is 2.57. The minimum Gasteiger partial charge on any atom is -0.301 e. The van der Waals surface area contributed by atoms with Crippen molar-refractivity contribution in [2.45, 2.75) is 25.9 Å². The van der Waals surface area contributed by atoms with Crippen molar-refractivity contribution >= 4 is 71.2 Å². The zero-order valence-corrected chi connectivity index (χ0v) is 27.2. The number of halogens is 4. The van der Waals surface area contributed by atoms with Gasteiger partial charge in [0.05, 0.1) is 0 Å². The van der Waals surface area contributed by atoms with Crippen molar-refractivity contribution in [3.63, 3.8) is 0 Å². The number of hydrogen-bond acceptors (Lipinski definition) is 6. The Morgan fingerprint density at radius 2 is 0.763 bits per heavy atom. The molecule has 2 heterocycles. The van der Waals surface area contributed by atoms with E-state index in [1.165, 1.54) is 101 Å². The number of nitrogens with zero attached hydrogens (tertiary/aromatic N) is 4. The molecule has 0 N–H and O–H groups in total. The molecular formula is C28H46Cl4N4S2. The zero-order valence-electron chi connectivity index (χ0n) is 22.3. The molecule has 0 atom stereocenters. The molecule has 2 aliphatic heterocycles. The lowest BCUT2D eigenvalue weighted by atomic mass is 10.2. The average molecular weight is 645 g/mol. The van der Waals surface area contributed by atoms with Gasteiger partial charge in [-0.3, -0.25) is 9.80 Å². The van der Waals surface area contributed by atoms with Gasteiger partial charge in [-0.05, 0) is 37.1 Å². The van der Waals surface area contributed by atoms with Crippen molar-refractivity contribution in [1.82, 2.24) is 19.6 Å². The number of hydrogen-bond donors (Lipinski definition) is 0. The average Bonchev–Trinajstić information content (AvgIpc) is 2.89. The third-order valence-electron chi connectivity index (χ3n) is 6.92. The smallest absolute Gasteiger partial charge is 0.0234 e. The standard InChI is InChI=1S/C28H42N4S2.4ClH/c1-3-9-27(10-4-1)25-31-19-15-29(16-20-31)13-7-23-33-34-24-8-14-30-17-21-32(22-18-30)26-28-11-5-2-6-12-28;;;;/h1-6,9-12H,7-8,13-26H2;4*1H. The predicted octanol–water partition coefficient (Wildman–Crippen LogP) is 6.47. The van der Waals surface area contributed by atoms with Gasteiger partial charge in [-0.15, -0.1) is 49.6 Å². The molecular weight excluding hydrogens is 598 g/mol. The van der Waals surface area contributed by atoms with Gasteiger partial charge in [0, 0.05) is 77.0 Å². The van der Waals surface area contributed by atoms with Gasteiger partial charge < -0.3 is 9.80 Å². The minimum atomic E-state index is 0. The topological polar surface area (TPSA) is 13.0 Å². The highest BCUT2D eigenvalue weighted by atomic mass is 35.5. The lowest BCUT2D eigenvalue weighted by molar-refractivity contribution is 0.127. The fourth-order valence-corrected chi connectivity index (χ4v) is 6.98. The van der Waals surface area contributed by atoms with E-state index in [4.69, 9.17) is 0 Å². The predicted molar refractivity (Wildman–Crippen MR) is 179 cm³/mol. The molecule has 0 bridgehead atoms. The molecule has 218 valence electrons. The Morgan fingerprint density at radius 1 is 0.447 bits per heavy atom. The molecule has 0 aliphatic carbocycles. The third-order valence-corrected chi connectivity index (χ3v) is 9.49. The Kier molecular flexibility index (Phi) is 22.9. The molecule has 2 aromatic rings. The van der Waals surface area contributed by atoms with Gasteiger partial charge in [0.1, 0.15) is 0 Å². The summed E-state index contributed by atoms with van der Waals surface area (Å²) in [5.41, 5.74) is 2.88. The van der Waals surface area contributed by atoms with Gasteiger partial charge in [0.2, 0.25) is 0 Å². The molecule has 2 saturated heterocycles. The molecule has 4 rings (SSSR count). The van der Waals surface area contributed by atoms with Crippen molar-refractivity contribution < 1.29 is 0 Å². The fourth-order valence-electron chi connectivity index (χ4n) is 4.84. The molecule has 2 aliphatic rings. The van der Waals surface area contributed by atoms with Crippen molar-refractivity contribution in [2.75, 3.05) is 77.0 Å². The maximum absolute atomic E-state index is 2.66. The molecule has 0 unspecified atom stereocenters. The van der Waals surface area contributed by atoms with Crippen LogP contribution in [0.3, 0.4) is 0 Å². The first-order valence-electron chi connectivity index (χ1n) is 13.1. The van der Waals surface area contributed by atoms with Gasteiger partial charge in [0.15, 0.2) is 0 Å². The van der Waals surface area contributed by atoms with Gasteiger partial charge in [0.25, 0.3) is 0 Å². The van der Waals surface area contributed by atoms with Crippen LogP contribution in [0.1, 0.15) is 24.0 Å². The maximum atomic E-state index is 2.66. The van der Waals surface area contributed by atoms with E-state index in [2.05, 4.69) is 102 Å². The largest absolute Gasteiger partial charge is 0.301 e. The first-order valence-corrected chi connectivity index (χ1v) is 15.6. The third kappa shape index (κ3) is 14.7. The summed E-state index contributed by atoms with van der Waals surface area (Å²) in [6.45, 7) is 14.5. The normalized spacial score (nSPS) is 16.9. The Balaban J connectivity index is 0.00000342. The van der Waals surface area contributed by atoms with Crippen LogP contribution in [0.4, 0.5) is 0 Å². The molecule has 0 saturated carbocycles. The van der Waals surface area contributed by atoms with Crippen LogP contribution in [0.2, 0.25) is 0 Å². The summed E-state index contributed by atoms with van der Waals surface area (Å²) < 4.78 is 0. The molecule has 4 nitrogen and oxygen atoms in total. The first-order chi connectivity index (χ1) is 16.8. The second kappa shape index (κ2) is 22.8. The second-order valence-corrected chi connectivity index (χ2v) is 12.3. The Morgan fingerprint density at radius 3 is 1.11 bits per heavy atom. The van der Waals surface area contributed by atoms with E-state index in [9.17, 15) is 0 Å². The summed E-state index contributed by atoms with van der Waals surface area (Å²) in [6.07, 6.45) is 2.64. The van der Waals surface area contributed by atoms with Crippen LogP contribution < -0.4 is 0 Å². The number of rotatable bonds is 13. The van der Waals surface area contributed by atoms with E-state index < -0.39 is 0 Å². The molecule has 2 aromatic carbocycles. The second-order valence-electron chi connectivity index (χ2n) is 9.56. The molecule has 38 heavy (non-hydrogen) atoms. The van der Waals surface area contributed by atoms with E-state index in [0.717, 1.165) is 13.1 Å². The van der Waals surface area contributed by atoms with E-state index >= 15 is 0 Å². The van der Waals surface area contributed by atoms with Crippen LogP contribution in [0.25, 0.3) is 0 Å². The van der Waals surface area contributed by atoms with Crippen LogP contribution in [0.15, 0.2) is 60.7 Å². The Hall–Kier alpha value is 0.140. The lowest BCUT2D eigenvalue weighted by Crippen LogP contribution is -2.46. The summed E-state index contributed by atoms with van der Waals surface area (Å²) in [6, 6.07) is 21.8. The molecule has 0 amide bonds. The van der Waals surface area contributed by atoms with E-state index in [1.807, 2.05) is 0 Å². The van der Waals surface area contributed by atoms with E-state index in [-0.39, 0.29) is 49.6 Å². The van der Waals surface area contributed by atoms with Gasteiger partial charge >= 0.3 is 0 Å². The summed E-state index contributed by atoms with van der Waals surface area (Å²) in [4.78, 5) is 10.5.